The van der Waals surface area contributed by atoms with Crippen LogP contribution in [0.1, 0.15) is 16.7 Å². The fraction of sp³-hybridized carbons (Fsp3) is 0.333. The molecule has 1 aromatic carbocycles. The molecular formula is C12H17N3O3. The van der Waals surface area contributed by atoms with Crippen molar-refractivity contribution < 1.29 is 14.5 Å². The van der Waals surface area contributed by atoms with Crippen LogP contribution in [0.4, 0.5) is 0 Å². The van der Waals surface area contributed by atoms with Gasteiger partial charge in [0, 0.05) is 12.6 Å². The topological polar surface area (TPSA) is 85.9 Å². The molecule has 0 fully saturated rings. The fourth-order valence-corrected chi connectivity index (χ4v) is 1.62. The first-order valence-corrected chi connectivity index (χ1v) is 5.39. The molecule has 0 aromatic heterocycles. The first-order valence-electron chi connectivity index (χ1n) is 5.39. The zero-order chi connectivity index (χ0) is 13.5. The average Bonchev–Trinajstić information content (AvgIpc) is 2.38. The summed E-state index contributed by atoms with van der Waals surface area (Å²) in [5.74, 6) is 4.78. The number of oxime groups is 1. The molecule has 6 heteroatoms. The zero-order valence-electron chi connectivity index (χ0n) is 10.7. The van der Waals surface area contributed by atoms with Gasteiger partial charge in [0.25, 0.3) is 5.91 Å². The Morgan fingerprint density at radius 1 is 1.50 bits per heavy atom. The molecule has 0 spiro atoms. The molecule has 0 aliphatic heterocycles. The summed E-state index contributed by atoms with van der Waals surface area (Å²) in [4.78, 5) is 21.1. The van der Waals surface area contributed by atoms with Gasteiger partial charge in [0.2, 0.25) is 0 Å². The Balaban J connectivity index is 3.32. The van der Waals surface area contributed by atoms with E-state index in [-0.39, 0.29) is 18.2 Å². The lowest BCUT2D eigenvalue weighted by Crippen LogP contribution is -2.29. The van der Waals surface area contributed by atoms with Gasteiger partial charge in [-0.1, -0.05) is 23.4 Å². The molecule has 0 heterocycles. The van der Waals surface area contributed by atoms with Crippen molar-refractivity contribution in [3.05, 3.63) is 34.9 Å². The van der Waals surface area contributed by atoms with Crippen molar-refractivity contribution in [2.75, 3.05) is 14.2 Å². The van der Waals surface area contributed by atoms with Gasteiger partial charge >= 0.3 is 0 Å². The molecule has 98 valence electrons. The van der Waals surface area contributed by atoms with Crippen molar-refractivity contribution in [1.29, 1.82) is 0 Å². The molecule has 18 heavy (non-hydrogen) atoms. The second-order valence-electron chi connectivity index (χ2n) is 3.61. The Morgan fingerprint density at radius 3 is 2.78 bits per heavy atom. The molecular weight excluding hydrogens is 234 g/mol. The van der Waals surface area contributed by atoms with Gasteiger partial charge in [-0.2, -0.15) is 0 Å². The highest BCUT2D eigenvalue weighted by Gasteiger charge is 2.18. The number of likely N-dealkylation sites (N-methyl/N-ethyl adjacent to an activating group) is 1. The quantitative estimate of drug-likeness (QED) is 0.588. The average molecular weight is 251 g/mol. The lowest BCUT2D eigenvalue weighted by Gasteiger charge is -2.12. The van der Waals surface area contributed by atoms with Gasteiger partial charge < -0.3 is 10.2 Å². The number of aryl methyl sites for hydroxylation is 1. The lowest BCUT2D eigenvalue weighted by atomic mass is 9.98. The van der Waals surface area contributed by atoms with Crippen LogP contribution in [0.15, 0.2) is 23.4 Å². The maximum atomic E-state index is 11.8. The molecule has 0 saturated carbocycles. The van der Waals surface area contributed by atoms with Crippen LogP contribution in [0.3, 0.4) is 0 Å². The van der Waals surface area contributed by atoms with E-state index in [4.69, 9.17) is 10.7 Å². The van der Waals surface area contributed by atoms with Crippen LogP contribution in [-0.2, 0) is 21.1 Å². The van der Waals surface area contributed by atoms with E-state index in [2.05, 4.69) is 15.3 Å². The lowest BCUT2D eigenvalue weighted by molar-refractivity contribution is -0.114. The summed E-state index contributed by atoms with van der Waals surface area (Å²) in [6.07, 6.45) is 0. The third-order valence-electron chi connectivity index (χ3n) is 2.52. The highest BCUT2D eigenvalue weighted by molar-refractivity contribution is 6.45. The molecule has 3 N–H and O–H groups in total. The maximum Gasteiger partial charge on any atom is 0.273 e. The summed E-state index contributed by atoms with van der Waals surface area (Å²) in [6.45, 7) is 2.11. The first-order chi connectivity index (χ1) is 8.65. The summed E-state index contributed by atoms with van der Waals surface area (Å²) in [6, 6.07) is 5.51. The third-order valence-corrected chi connectivity index (χ3v) is 2.52. The Kier molecular flexibility index (Phi) is 5.29. The smallest absolute Gasteiger partial charge is 0.273 e. The standard InChI is InChI=1S/C12H17N3O3/c1-8-5-4-6-9(10(8)7-18-13)11(15-17-3)12(16)14-2/h4-6H,7,13H2,1-3H3,(H,14,16). The van der Waals surface area contributed by atoms with E-state index in [0.717, 1.165) is 11.1 Å². The van der Waals surface area contributed by atoms with E-state index in [0.29, 0.717) is 5.56 Å². The van der Waals surface area contributed by atoms with E-state index >= 15 is 0 Å². The third kappa shape index (κ3) is 3.06. The van der Waals surface area contributed by atoms with Crippen molar-refractivity contribution in [2.45, 2.75) is 13.5 Å². The van der Waals surface area contributed by atoms with Crippen molar-refractivity contribution in [1.82, 2.24) is 5.32 Å². The minimum atomic E-state index is -0.333. The van der Waals surface area contributed by atoms with Crippen molar-refractivity contribution >= 4 is 11.6 Å². The number of carbonyl (C=O) groups is 1. The van der Waals surface area contributed by atoms with Crippen LogP contribution in [0, 0.1) is 6.92 Å². The van der Waals surface area contributed by atoms with Crippen LogP contribution in [-0.4, -0.2) is 25.8 Å². The van der Waals surface area contributed by atoms with Gasteiger partial charge in [0.05, 0.1) is 6.61 Å². The molecule has 0 saturated heterocycles. The highest BCUT2D eigenvalue weighted by atomic mass is 16.6. The number of benzene rings is 1. The number of hydrogen-bond donors (Lipinski definition) is 2. The van der Waals surface area contributed by atoms with Crippen LogP contribution in [0.5, 0.6) is 0 Å². The summed E-state index contributed by atoms with van der Waals surface area (Å²) in [5, 5.41) is 6.27. The maximum absolute atomic E-state index is 11.8. The van der Waals surface area contributed by atoms with Crippen molar-refractivity contribution in [2.24, 2.45) is 11.1 Å². The van der Waals surface area contributed by atoms with E-state index in [1.807, 2.05) is 19.1 Å². The van der Waals surface area contributed by atoms with Gasteiger partial charge in [-0.3, -0.25) is 9.63 Å². The zero-order valence-corrected chi connectivity index (χ0v) is 10.7. The second-order valence-corrected chi connectivity index (χ2v) is 3.61. The summed E-state index contributed by atoms with van der Waals surface area (Å²) in [7, 11) is 2.92. The molecule has 6 nitrogen and oxygen atoms in total. The van der Waals surface area contributed by atoms with Crippen molar-refractivity contribution in [3.63, 3.8) is 0 Å². The number of nitrogens with two attached hydrogens (primary N) is 1. The molecule has 1 rings (SSSR count). The fourth-order valence-electron chi connectivity index (χ4n) is 1.62. The van der Waals surface area contributed by atoms with E-state index in [1.54, 1.807) is 6.07 Å². The molecule has 1 aromatic rings. The van der Waals surface area contributed by atoms with Gasteiger partial charge in [0.15, 0.2) is 5.71 Å². The minimum absolute atomic E-state index is 0.191. The van der Waals surface area contributed by atoms with Crippen LogP contribution >= 0.6 is 0 Å². The highest BCUT2D eigenvalue weighted by Crippen LogP contribution is 2.16. The Bertz CT molecular complexity index is 458. The summed E-state index contributed by atoms with van der Waals surface area (Å²) < 4.78 is 0. The number of carbonyl (C=O) groups excluding carboxylic acids is 1. The van der Waals surface area contributed by atoms with Crippen molar-refractivity contribution in [3.8, 4) is 0 Å². The molecule has 0 atom stereocenters. The predicted molar refractivity (Wildman–Crippen MR) is 67.8 cm³/mol. The SMILES string of the molecule is CNC(=O)C(=NOC)c1cccc(C)c1CON. The summed E-state index contributed by atoms with van der Waals surface area (Å²) >= 11 is 0. The predicted octanol–water partition coefficient (Wildman–Crippen LogP) is 0.482. The number of rotatable bonds is 5. The normalized spacial score (nSPS) is 11.2. The van der Waals surface area contributed by atoms with E-state index < -0.39 is 0 Å². The minimum Gasteiger partial charge on any atom is -0.398 e. The van der Waals surface area contributed by atoms with Crippen LogP contribution in [0.25, 0.3) is 0 Å². The summed E-state index contributed by atoms with van der Waals surface area (Å²) in [5.41, 5.74) is 2.60. The Morgan fingerprint density at radius 2 is 2.22 bits per heavy atom. The second kappa shape index (κ2) is 6.73. The monoisotopic (exact) mass is 251 g/mol. The molecule has 0 aliphatic rings. The van der Waals surface area contributed by atoms with Crippen LogP contribution in [0.2, 0.25) is 0 Å². The number of amides is 1. The first kappa shape index (κ1) is 14.1. The van der Waals surface area contributed by atoms with E-state index in [9.17, 15) is 4.79 Å². The van der Waals surface area contributed by atoms with Gasteiger partial charge in [-0.25, -0.2) is 5.90 Å². The molecule has 0 radical (unpaired) electrons. The molecule has 0 aliphatic carbocycles. The Hall–Kier alpha value is -1.92. The number of hydrogen-bond acceptors (Lipinski definition) is 5. The molecule has 1 amide bonds. The van der Waals surface area contributed by atoms with E-state index in [1.165, 1.54) is 14.2 Å². The molecule has 0 unspecified atom stereocenters. The molecule has 0 bridgehead atoms. The van der Waals surface area contributed by atoms with Gasteiger partial charge in [-0.05, 0) is 18.1 Å². The van der Waals surface area contributed by atoms with Gasteiger partial charge in [-0.15, -0.1) is 0 Å². The van der Waals surface area contributed by atoms with Gasteiger partial charge in [0.1, 0.15) is 7.11 Å². The number of nitrogens with one attached hydrogen (secondary N) is 1. The largest absolute Gasteiger partial charge is 0.398 e. The Labute approximate surface area is 106 Å². The number of nitrogens with zero attached hydrogens (tertiary/aromatic N) is 1. The van der Waals surface area contributed by atoms with Crippen LogP contribution < -0.4 is 11.2 Å².